The predicted molar refractivity (Wildman–Crippen MR) is 105 cm³/mol. The average Bonchev–Trinajstić information content (AvgIpc) is 2.67. The monoisotopic (exact) mass is 353 g/mol. The molecule has 0 fully saturated rings. The zero-order chi connectivity index (χ0) is 18.8. The molecule has 26 heavy (non-hydrogen) atoms. The molecule has 2 aromatic rings. The van der Waals surface area contributed by atoms with Gasteiger partial charge in [0.2, 0.25) is 0 Å². The van der Waals surface area contributed by atoms with Crippen molar-refractivity contribution in [1.29, 1.82) is 0 Å². The highest BCUT2D eigenvalue weighted by atomic mass is 16.5. The van der Waals surface area contributed by atoms with E-state index in [2.05, 4.69) is 18.7 Å². The highest BCUT2D eigenvalue weighted by molar-refractivity contribution is 5.96. The second-order valence-electron chi connectivity index (χ2n) is 5.92. The SMILES string of the molecule is CCN(CC)CCOc1ccc(O/C(=C/c2ccccc2)C(C)=O)cc1. The van der Waals surface area contributed by atoms with E-state index in [4.69, 9.17) is 9.47 Å². The summed E-state index contributed by atoms with van der Waals surface area (Å²) < 4.78 is 11.5. The van der Waals surface area contributed by atoms with Gasteiger partial charge in [-0.2, -0.15) is 0 Å². The number of nitrogens with zero attached hydrogens (tertiary/aromatic N) is 1. The van der Waals surface area contributed by atoms with Gasteiger partial charge in [-0.3, -0.25) is 4.79 Å². The summed E-state index contributed by atoms with van der Waals surface area (Å²) in [5, 5.41) is 0. The third-order valence-electron chi connectivity index (χ3n) is 4.07. The first-order valence-electron chi connectivity index (χ1n) is 9.03. The Labute approximate surface area is 156 Å². The van der Waals surface area contributed by atoms with Gasteiger partial charge in [0.05, 0.1) is 0 Å². The standard InChI is InChI=1S/C22H27NO3/c1-4-23(5-2)15-16-25-20-11-13-21(14-12-20)26-22(18(3)24)17-19-9-7-6-8-10-19/h6-14,17H,4-5,15-16H2,1-3H3/b22-17+. The van der Waals surface area contributed by atoms with Gasteiger partial charge in [0.1, 0.15) is 18.1 Å². The van der Waals surface area contributed by atoms with E-state index in [1.54, 1.807) is 6.08 Å². The molecule has 0 aliphatic rings. The van der Waals surface area contributed by atoms with Crippen molar-refractivity contribution in [3.05, 3.63) is 65.9 Å². The largest absolute Gasteiger partial charge is 0.492 e. The molecule has 0 radical (unpaired) electrons. The van der Waals surface area contributed by atoms with Crippen molar-refractivity contribution in [3.63, 3.8) is 0 Å². The third-order valence-corrected chi connectivity index (χ3v) is 4.07. The number of likely N-dealkylation sites (N-methyl/N-ethyl adjacent to an activating group) is 1. The molecule has 0 N–H and O–H groups in total. The quantitative estimate of drug-likeness (QED) is 0.468. The summed E-state index contributed by atoms with van der Waals surface area (Å²) in [6, 6.07) is 17.0. The fraction of sp³-hybridized carbons (Fsp3) is 0.318. The molecule has 0 heterocycles. The zero-order valence-electron chi connectivity index (χ0n) is 15.8. The molecule has 0 atom stereocenters. The van der Waals surface area contributed by atoms with Crippen molar-refractivity contribution in [2.45, 2.75) is 20.8 Å². The molecular weight excluding hydrogens is 326 g/mol. The van der Waals surface area contributed by atoms with Crippen LogP contribution in [0, 0.1) is 0 Å². The van der Waals surface area contributed by atoms with Crippen molar-refractivity contribution in [3.8, 4) is 11.5 Å². The number of benzene rings is 2. The number of rotatable bonds is 10. The molecule has 2 rings (SSSR count). The Morgan fingerprint density at radius 2 is 1.58 bits per heavy atom. The van der Waals surface area contributed by atoms with Crippen LogP contribution in [0.2, 0.25) is 0 Å². The summed E-state index contributed by atoms with van der Waals surface area (Å²) in [5.74, 6) is 1.60. The lowest BCUT2D eigenvalue weighted by Gasteiger charge is -2.18. The van der Waals surface area contributed by atoms with Gasteiger partial charge in [0, 0.05) is 13.5 Å². The summed E-state index contributed by atoms with van der Waals surface area (Å²) in [6.45, 7) is 9.38. The van der Waals surface area contributed by atoms with Crippen LogP contribution in [0.15, 0.2) is 60.4 Å². The number of Topliss-reactive ketones (excluding diaryl/α,β-unsaturated/α-hetero) is 1. The van der Waals surface area contributed by atoms with Gasteiger partial charge in [-0.05, 0) is 49.0 Å². The normalized spacial score (nSPS) is 11.5. The molecule has 138 valence electrons. The molecular formula is C22H27NO3. The van der Waals surface area contributed by atoms with Gasteiger partial charge in [-0.15, -0.1) is 0 Å². The second kappa shape index (κ2) is 10.4. The maximum absolute atomic E-state index is 11.9. The first-order valence-corrected chi connectivity index (χ1v) is 9.03. The fourth-order valence-corrected chi connectivity index (χ4v) is 2.47. The van der Waals surface area contributed by atoms with E-state index < -0.39 is 0 Å². The molecule has 0 bridgehead atoms. The number of hydrogen-bond donors (Lipinski definition) is 0. The van der Waals surface area contributed by atoms with Gasteiger partial charge >= 0.3 is 0 Å². The number of ether oxygens (including phenoxy) is 2. The van der Waals surface area contributed by atoms with Crippen LogP contribution in [0.4, 0.5) is 0 Å². The lowest BCUT2D eigenvalue weighted by Crippen LogP contribution is -2.27. The number of carbonyl (C=O) groups excluding carboxylic acids is 1. The molecule has 0 aliphatic carbocycles. The number of carbonyl (C=O) groups is 1. The average molecular weight is 353 g/mol. The first kappa shape index (κ1) is 19.7. The zero-order valence-corrected chi connectivity index (χ0v) is 15.8. The molecule has 4 heteroatoms. The van der Waals surface area contributed by atoms with E-state index in [1.165, 1.54) is 6.92 Å². The first-order chi connectivity index (χ1) is 12.6. The van der Waals surface area contributed by atoms with Crippen LogP contribution in [0.3, 0.4) is 0 Å². The molecule has 0 amide bonds. The smallest absolute Gasteiger partial charge is 0.194 e. The third kappa shape index (κ3) is 6.37. The minimum absolute atomic E-state index is 0.117. The van der Waals surface area contributed by atoms with E-state index in [0.717, 1.165) is 30.9 Å². The van der Waals surface area contributed by atoms with E-state index in [1.807, 2.05) is 54.6 Å². The Hall–Kier alpha value is -2.59. The van der Waals surface area contributed by atoms with Crippen LogP contribution in [0.25, 0.3) is 6.08 Å². The van der Waals surface area contributed by atoms with E-state index in [-0.39, 0.29) is 5.78 Å². The molecule has 0 spiro atoms. The summed E-state index contributed by atoms with van der Waals surface area (Å²) in [5.41, 5.74) is 0.925. The second-order valence-corrected chi connectivity index (χ2v) is 5.92. The Bertz CT molecular complexity index is 704. The van der Waals surface area contributed by atoms with Crippen molar-refractivity contribution in [2.75, 3.05) is 26.2 Å². The van der Waals surface area contributed by atoms with Gasteiger partial charge < -0.3 is 14.4 Å². The van der Waals surface area contributed by atoms with Crippen molar-refractivity contribution < 1.29 is 14.3 Å². The van der Waals surface area contributed by atoms with Crippen LogP contribution >= 0.6 is 0 Å². The molecule has 0 aliphatic heterocycles. The lowest BCUT2D eigenvalue weighted by molar-refractivity contribution is -0.115. The van der Waals surface area contributed by atoms with Crippen LogP contribution in [-0.4, -0.2) is 36.9 Å². The Morgan fingerprint density at radius 3 is 2.15 bits per heavy atom. The van der Waals surface area contributed by atoms with Crippen LogP contribution in [0.5, 0.6) is 11.5 Å². The number of ketones is 1. The minimum atomic E-state index is -0.117. The molecule has 0 unspecified atom stereocenters. The van der Waals surface area contributed by atoms with Gasteiger partial charge in [0.25, 0.3) is 0 Å². The summed E-state index contributed by atoms with van der Waals surface area (Å²) >= 11 is 0. The highest BCUT2D eigenvalue weighted by Crippen LogP contribution is 2.21. The summed E-state index contributed by atoms with van der Waals surface area (Å²) in [7, 11) is 0. The molecule has 0 saturated carbocycles. The predicted octanol–water partition coefficient (Wildman–Crippen LogP) is 4.42. The highest BCUT2D eigenvalue weighted by Gasteiger charge is 2.08. The van der Waals surface area contributed by atoms with Crippen LogP contribution < -0.4 is 9.47 Å². The minimum Gasteiger partial charge on any atom is -0.492 e. The van der Waals surface area contributed by atoms with Crippen LogP contribution in [-0.2, 0) is 4.79 Å². The maximum Gasteiger partial charge on any atom is 0.194 e. The van der Waals surface area contributed by atoms with Crippen LogP contribution in [0.1, 0.15) is 26.3 Å². The Morgan fingerprint density at radius 1 is 0.962 bits per heavy atom. The van der Waals surface area contributed by atoms with Crippen molar-refractivity contribution >= 4 is 11.9 Å². The van der Waals surface area contributed by atoms with Gasteiger partial charge in [-0.25, -0.2) is 0 Å². The fourth-order valence-electron chi connectivity index (χ4n) is 2.47. The van der Waals surface area contributed by atoms with E-state index in [9.17, 15) is 4.79 Å². The number of allylic oxidation sites excluding steroid dienone is 1. The lowest BCUT2D eigenvalue weighted by atomic mass is 10.2. The molecule has 2 aromatic carbocycles. The van der Waals surface area contributed by atoms with Gasteiger partial charge in [0.15, 0.2) is 11.5 Å². The Balaban J connectivity index is 1.96. The summed E-state index contributed by atoms with van der Waals surface area (Å²) in [4.78, 5) is 14.2. The van der Waals surface area contributed by atoms with Crippen molar-refractivity contribution in [1.82, 2.24) is 4.90 Å². The van der Waals surface area contributed by atoms with E-state index >= 15 is 0 Å². The van der Waals surface area contributed by atoms with Gasteiger partial charge in [-0.1, -0.05) is 44.2 Å². The topological polar surface area (TPSA) is 38.8 Å². The summed E-state index contributed by atoms with van der Waals surface area (Å²) in [6.07, 6.45) is 1.75. The maximum atomic E-state index is 11.9. The molecule has 0 saturated heterocycles. The van der Waals surface area contributed by atoms with Crippen molar-refractivity contribution in [2.24, 2.45) is 0 Å². The van der Waals surface area contributed by atoms with E-state index in [0.29, 0.717) is 18.1 Å². The Kier molecular flexibility index (Phi) is 7.90. The number of hydrogen-bond acceptors (Lipinski definition) is 4. The molecule has 4 nitrogen and oxygen atoms in total. The molecule has 0 aromatic heterocycles.